The van der Waals surface area contributed by atoms with Crippen molar-refractivity contribution < 1.29 is 14.7 Å². The van der Waals surface area contributed by atoms with Crippen LogP contribution in [0.5, 0.6) is 0 Å². The molecular formula is C10H8N2O4. The summed E-state index contributed by atoms with van der Waals surface area (Å²) >= 11 is 0. The van der Waals surface area contributed by atoms with E-state index >= 15 is 0 Å². The number of rotatable bonds is 2. The van der Waals surface area contributed by atoms with Gasteiger partial charge in [0.2, 0.25) is 5.43 Å². The van der Waals surface area contributed by atoms with Crippen LogP contribution >= 0.6 is 0 Å². The molecule has 0 amide bonds. The van der Waals surface area contributed by atoms with Crippen molar-refractivity contribution in [2.45, 2.75) is 6.92 Å². The number of fused-ring (bicyclic) bond motifs is 1. The van der Waals surface area contributed by atoms with Crippen molar-refractivity contribution >= 4 is 22.8 Å². The normalized spacial score (nSPS) is 10.6. The van der Waals surface area contributed by atoms with Gasteiger partial charge in [0.05, 0.1) is 11.1 Å². The number of carbonyl (C=O) groups is 2. The third kappa shape index (κ3) is 1.31. The lowest BCUT2D eigenvalue weighted by atomic mass is 10.1. The molecule has 16 heavy (non-hydrogen) atoms. The summed E-state index contributed by atoms with van der Waals surface area (Å²) in [5, 5.41) is 8.65. The maximum Gasteiger partial charge on any atom is 0.377 e. The highest BCUT2D eigenvalue weighted by Crippen LogP contribution is 2.17. The fraction of sp³-hybridized carbons (Fsp3) is 0.100. The maximum atomic E-state index is 11.4. The number of nitrogens with one attached hydrogen (secondary N) is 2. The Morgan fingerprint density at radius 2 is 2.00 bits per heavy atom. The van der Waals surface area contributed by atoms with Crippen LogP contribution < -0.4 is 5.43 Å². The number of aryl methyl sites for hydroxylation is 1. The highest BCUT2D eigenvalue weighted by Gasteiger charge is 2.22. The van der Waals surface area contributed by atoms with Crippen molar-refractivity contribution in [3.63, 3.8) is 0 Å². The molecule has 82 valence electrons. The van der Waals surface area contributed by atoms with Gasteiger partial charge >= 0.3 is 5.97 Å². The first-order valence-corrected chi connectivity index (χ1v) is 4.50. The molecule has 0 aromatic carbocycles. The number of carbonyl (C=O) groups excluding carboxylic acids is 1. The first-order chi connectivity index (χ1) is 7.52. The smallest absolute Gasteiger partial charge is 0.377 e. The number of aliphatic carboxylic acids is 1. The third-order valence-corrected chi connectivity index (χ3v) is 2.32. The molecule has 0 saturated heterocycles. The lowest BCUT2D eigenvalue weighted by Gasteiger charge is -1.94. The second-order valence-electron chi connectivity index (χ2n) is 3.35. The molecule has 0 spiro atoms. The molecule has 2 aromatic heterocycles. The van der Waals surface area contributed by atoms with Gasteiger partial charge < -0.3 is 15.1 Å². The Balaban J connectivity index is 2.85. The fourth-order valence-electron chi connectivity index (χ4n) is 1.63. The summed E-state index contributed by atoms with van der Waals surface area (Å²) in [6, 6.07) is 1.30. The van der Waals surface area contributed by atoms with Crippen molar-refractivity contribution in [2.24, 2.45) is 0 Å². The SMILES string of the molecule is Cc1[nH]c2c(=O)cc[nH]c2c1C(=O)C(=O)O. The third-order valence-electron chi connectivity index (χ3n) is 2.32. The van der Waals surface area contributed by atoms with Gasteiger partial charge in [-0.15, -0.1) is 0 Å². The van der Waals surface area contributed by atoms with Crippen LogP contribution in [0.2, 0.25) is 0 Å². The number of aromatic amines is 2. The lowest BCUT2D eigenvalue weighted by Crippen LogP contribution is -2.13. The molecule has 0 aliphatic carbocycles. The van der Waals surface area contributed by atoms with Gasteiger partial charge in [0.1, 0.15) is 5.52 Å². The molecule has 0 fully saturated rings. The van der Waals surface area contributed by atoms with E-state index in [1.54, 1.807) is 6.92 Å². The van der Waals surface area contributed by atoms with Crippen molar-refractivity contribution in [1.82, 2.24) is 9.97 Å². The van der Waals surface area contributed by atoms with Crippen LogP contribution in [0.3, 0.4) is 0 Å². The van der Waals surface area contributed by atoms with Gasteiger partial charge in [-0.05, 0) is 6.92 Å². The second-order valence-corrected chi connectivity index (χ2v) is 3.35. The Labute approximate surface area is 88.9 Å². The number of pyridine rings is 1. The Morgan fingerprint density at radius 1 is 1.31 bits per heavy atom. The molecule has 0 aliphatic rings. The number of aromatic nitrogens is 2. The summed E-state index contributed by atoms with van der Waals surface area (Å²) in [6.07, 6.45) is 1.37. The minimum Gasteiger partial charge on any atom is -0.475 e. The summed E-state index contributed by atoms with van der Waals surface area (Å²) in [5.41, 5.74) is 0.519. The summed E-state index contributed by atoms with van der Waals surface area (Å²) in [7, 11) is 0. The van der Waals surface area contributed by atoms with Crippen LogP contribution in [0, 0.1) is 6.92 Å². The van der Waals surface area contributed by atoms with Crippen LogP contribution in [0.4, 0.5) is 0 Å². The molecule has 0 saturated carbocycles. The lowest BCUT2D eigenvalue weighted by molar-refractivity contribution is -0.131. The predicted molar refractivity (Wildman–Crippen MR) is 55.6 cm³/mol. The summed E-state index contributed by atoms with van der Waals surface area (Å²) in [5.74, 6) is -2.58. The Hall–Kier alpha value is -2.37. The quantitative estimate of drug-likeness (QED) is 0.504. The topological polar surface area (TPSA) is 103 Å². The number of hydrogen-bond acceptors (Lipinski definition) is 3. The summed E-state index contributed by atoms with van der Waals surface area (Å²) in [4.78, 5) is 38.9. The van der Waals surface area contributed by atoms with Crippen LogP contribution in [-0.4, -0.2) is 26.8 Å². The number of carboxylic acids is 1. The van der Waals surface area contributed by atoms with Gasteiger partial charge in [-0.25, -0.2) is 4.79 Å². The highest BCUT2D eigenvalue weighted by molar-refractivity contribution is 6.42. The van der Waals surface area contributed by atoms with E-state index in [4.69, 9.17) is 5.11 Å². The first kappa shape index (κ1) is 10.2. The zero-order valence-electron chi connectivity index (χ0n) is 8.33. The summed E-state index contributed by atoms with van der Waals surface area (Å²) < 4.78 is 0. The van der Waals surface area contributed by atoms with Crippen molar-refractivity contribution in [2.75, 3.05) is 0 Å². The molecule has 6 heteroatoms. The number of ketones is 1. The van der Waals surface area contributed by atoms with Crippen LogP contribution in [0.15, 0.2) is 17.1 Å². The van der Waals surface area contributed by atoms with E-state index in [9.17, 15) is 14.4 Å². The predicted octanol–water partition coefficient (Wildman–Crippen LogP) is 0.432. The molecule has 2 aromatic rings. The van der Waals surface area contributed by atoms with Crippen LogP contribution in [-0.2, 0) is 4.79 Å². The highest BCUT2D eigenvalue weighted by atomic mass is 16.4. The average molecular weight is 220 g/mol. The zero-order chi connectivity index (χ0) is 11.9. The van der Waals surface area contributed by atoms with Gasteiger partial charge in [-0.1, -0.05) is 0 Å². The Bertz CT molecular complexity index is 650. The van der Waals surface area contributed by atoms with Gasteiger partial charge in [-0.3, -0.25) is 9.59 Å². The largest absolute Gasteiger partial charge is 0.475 e. The second kappa shape index (κ2) is 3.34. The molecule has 0 radical (unpaired) electrons. The van der Waals surface area contributed by atoms with E-state index < -0.39 is 11.8 Å². The van der Waals surface area contributed by atoms with Gasteiger partial charge in [0.25, 0.3) is 5.78 Å². The molecular weight excluding hydrogens is 212 g/mol. The number of H-pyrrole nitrogens is 2. The molecule has 0 aliphatic heterocycles. The first-order valence-electron chi connectivity index (χ1n) is 4.50. The maximum absolute atomic E-state index is 11.4. The van der Waals surface area contributed by atoms with Crippen LogP contribution in [0.1, 0.15) is 16.1 Å². The van der Waals surface area contributed by atoms with Gasteiger partial charge in [0, 0.05) is 18.0 Å². The van der Waals surface area contributed by atoms with E-state index in [0.717, 1.165) is 0 Å². The molecule has 2 rings (SSSR count). The standard InChI is InChI=1S/C10H8N2O4/c1-4-6(9(14)10(15)16)8-7(12-4)5(13)2-3-11-8/h2-3,12H,1H3,(H,11,13)(H,15,16). The minimum atomic E-state index is -1.55. The van der Waals surface area contributed by atoms with Gasteiger partial charge in [-0.2, -0.15) is 0 Å². The molecule has 0 atom stereocenters. The van der Waals surface area contributed by atoms with E-state index in [0.29, 0.717) is 5.69 Å². The van der Waals surface area contributed by atoms with E-state index in [2.05, 4.69) is 9.97 Å². The zero-order valence-corrected chi connectivity index (χ0v) is 8.33. The number of carboxylic acid groups (broad SMARTS) is 1. The van der Waals surface area contributed by atoms with E-state index in [-0.39, 0.29) is 22.0 Å². The fourth-order valence-corrected chi connectivity index (χ4v) is 1.63. The van der Waals surface area contributed by atoms with Crippen molar-refractivity contribution in [3.8, 4) is 0 Å². The van der Waals surface area contributed by atoms with Gasteiger partial charge in [0.15, 0.2) is 0 Å². The number of Topliss-reactive ketones (excluding diaryl/α,β-unsaturated/α-hetero) is 1. The van der Waals surface area contributed by atoms with Crippen LogP contribution in [0.25, 0.3) is 11.0 Å². The van der Waals surface area contributed by atoms with E-state index in [1.807, 2.05) is 0 Å². The molecule has 0 bridgehead atoms. The summed E-state index contributed by atoms with van der Waals surface area (Å²) in [6.45, 7) is 1.55. The molecule has 6 nitrogen and oxygen atoms in total. The molecule has 2 heterocycles. The monoisotopic (exact) mass is 220 g/mol. The molecule has 3 N–H and O–H groups in total. The van der Waals surface area contributed by atoms with Crippen molar-refractivity contribution in [3.05, 3.63) is 33.7 Å². The number of hydrogen-bond donors (Lipinski definition) is 3. The van der Waals surface area contributed by atoms with Crippen molar-refractivity contribution in [1.29, 1.82) is 0 Å². The Morgan fingerprint density at radius 3 is 2.62 bits per heavy atom. The van der Waals surface area contributed by atoms with E-state index in [1.165, 1.54) is 12.3 Å². The Kier molecular flexibility index (Phi) is 2.12. The average Bonchev–Trinajstić information content (AvgIpc) is 2.55. The molecule has 0 unspecified atom stereocenters. The minimum absolute atomic E-state index is 0.000185.